The fourth-order valence-electron chi connectivity index (χ4n) is 2.83. The van der Waals surface area contributed by atoms with Crippen LogP contribution in [0.4, 0.5) is 0 Å². The number of hydrogen-bond donors (Lipinski definition) is 1. The molecule has 0 aromatic heterocycles. The molecule has 0 radical (unpaired) electrons. The molecule has 1 N–H and O–H groups in total. The smallest absolute Gasteiger partial charge is 0.0577 e. The summed E-state index contributed by atoms with van der Waals surface area (Å²) in [5.41, 5.74) is 0. The van der Waals surface area contributed by atoms with Gasteiger partial charge in [0.25, 0.3) is 0 Å². The number of benzene rings is 1. The van der Waals surface area contributed by atoms with Crippen molar-refractivity contribution < 1.29 is 4.21 Å². The average molecular weight is 300 g/mol. The molecule has 0 amide bonds. The van der Waals surface area contributed by atoms with Crippen molar-refractivity contribution in [3.05, 3.63) is 29.3 Å². The van der Waals surface area contributed by atoms with Gasteiger partial charge in [-0.1, -0.05) is 31.5 Å². The summed E-state index contributed by atoms with van der Waals surface area (Å²) in [6.45, 7) is 5.30. The summed E-state index contributed by atoms with van der Waals surface area (Å²) in [6, 6.07) is 7.82. The Morgan fingerprint density at radius 1 is 1.42 bits per heavy atom. The third kappa shape index (κ3) is 3.80. The van der Waals surface area contributed by atoms with Gasteiger partial charge < -0.3 is 5.32 Å². The van der Waals surface area contributed by atoms with Gasteiger partial charge in [-0.2, -0.15) is 0 Å². The number of hydrogen-bond acceptors (Lipinski definition) is 2. The molecule has 0 saturated heterocycles. The van der Waals surface area contributed by atoms with E-state index in [0.717, 1.165) is 24.3 Å². The third-order valence-corrected chi connectivity index (χ3v) is 5.85. The van der Waals surface area contributed by atoms with Gasteiger partial charge in [-0.15, -0.1) is 0 Å². The van der Waals surface area contributed by atoms with Crippen LogP contribution in [0.15, 0.2) is 29.2 Å². The van der Waals surface area contributed by atoms with Crippen molar-refractivity contribution in [2.45, 2.75) is 49.3 Å². The molecule has 0 aliphatic heterocycles. The molecule has 4 heteroatoms. The molecule has 106 valence electrons. The van der Waals surface area contributed by atoms with E-state index < -0.39 is 10.8 Å². The van der Waals surface area contributed by atoms with E-state index in [9.17, 15) is 4.21 Å². The maximum Gasteiger partial charge on any atom is 0.0577 e. The standard InChI is InChI=1S/C15H22ClNOS/c1-3-17-14-8-7-11(2)9-15(14)19(18)13-6-4-5-12(16)10-13/h4-6,10-11,14-15,17H,3,7-9H2,1-2H3. The van der Waals surface area contributed by atoms with E-state index in [1.54, 1.807) is 0 Å². The number of nitrogens with one attached hydrogen (secondary N) is 1. The molecule has 2 rings (SSSR count). The van der Waals surface area contributed by atoms with Gasteiger partial charge in [0.15, 0.2) is 0 Å². The molecule has 0 bridgehead atoms. The highest BCUT2D eigenvalue weighted by Gasteiger charge is 2.32. The summed E-state index contributed by atoms with van der Waals surface area (Å²) in [6.07, 6.45) is 3.36. The highest BCUT2D eigenvalue weighted by Crippen LogP contribution is 2.30. The van der Waals surface area contributed by atoms with Crippen LogP contribution in [0.2, 0.25) is 5.02 Å². The summed E-state index contributed by atoms with van der Waals surface area (Å²) >= 11 is 6.00. The van der Waals surface area contributed by atoms with Gasteiger partial charge >= 0.3 is 0 Å². The topological polar surface area (TPSA) is 29.1 Å². The zero-order valence-corrected chi connectivity index (χ0v) is 13.1. The summed E-state index contributed by atoms with van der Waals surface area (Å²) in [4.78, 5) is 0.856. The van der Waals surface area contributed by atoms with Crippen LogP contribution in [0.25, 0.3) is 0 Å². The molecule has 2 nitrogen and oxygen atoms in total. The van der Waals surface area contributed by atoms with E-state index in [0.29, 0.717) is 17.0 Å². The van der Waals surface area contributed by atoms with Crippen LogP contribution in [-0.2, 0) is 10.8 Å². The lowest BCUT2D eigenvalue weighted by molar-refractivity contribution is 0.316. The van der Waals surface area contributed by atoms with Gasteiger partial charge in [-0.25, -0.2) is 0 Å². The zero-order valence-electron chi connectivity index (χ0n) is 11.6. The Bertz CT molecular complexity index is 452. The fraction of sp³-hybridized carbons (Fsp3) is 0.600. The van der Waals surface area contributed by atoms with Crippen LogP contribution in [-0.4, -0.2) is 22.0 Å². The fourth-order valence-corrected chi connectivity index (χ4v) is 4.92. The average Bonchev–Trinajstić information content (AvgIpc) is 2.40. The molecule has 0 heterocycles. The molecular formula is C15H22ClNOS. The van der Waals surface area contributed by atoms with Gasteiger partial charge in [0.1, 0.15) is 0 Å². The predicted octanol–water partition coefficient (Wildman–Crippen LogP) is 3.61. The first-order valence-electron chi connectivity index (χ1n) is 7.01. The highest BCUT2D eigenvalue weighted by molar-refractivity contribution is 7.85. The Balaban J connectivity index is 2.18. The minimum Gasteiger partial charge on any atom is -0.313 e. The Morgan fingerprint density at radius 3 is 2.89 bits per heavy atom. The number of halogens is 1. The molecule has 19 heavy (non-hydrogen) atoms. The molecule has 0 spiro atoms. The van der Waals surface area contributed by atoms with Crippen molar-refractivity contribution in [1.29, 1.82) is 0 Å². The molecule has 1 aromatic rings. The summed E-state index contributed by atoms with van der Waals surface area (Å²) in [5.74, 6) is 0.656. The zero-order chi connectivity index (χ0) is 13.8. The Morgan fingerprint density at radius 2 is 2.21 bits per heavy atom. The first-order valence-corrected chi connectivity index (χ1v) is 8.60. The summed E-state index contributed by atoms with van der Waals surface area (Å²) < 4.78 is 12.8. The molecule has 1 saturated carbocycles. The lowest BCUT2D eigenvalue weighted by Crippen LogP contribution is -2.45. The lowest BCUT2D eigenvalue weighted by Gasteiger charge is -2.34. The van der Waals surface area contributed by atoms with E-state index in [1.165, 1.54) is 6.42 Å². The van der Waals surface area contributed by atoms with Crippen molar-refractivity contribution in [1.82, 2.24) is 5.32 Å². The molecule has 4 unspecified atom stereocenters. The first kappa shape index (κ1) is 15.0. The summed E-state index contributed by atoms with van der Waals surface area (Å²) in [7, 11) is -0.979. The Hall–Kier alpha value is -0.380. The van der Waals surface area contributed by atoms with E-state index in [2.05, 4.69) is 19.2 Å². The second-order valence-corrected chi connectivity index (χ2v) is 7.48. The SMILES string of the molecule is CCNC1CCC(C)CC1S(=O)c1cccc(Cl)c1. The first-order chi connectivity index (χ1) is 9.11. The quantitative estimate of drug-likeness (QED) is 0.920. The molecule has 1 aliphatic rings. The highest BCUT2D eigenvalue weighted by atomic mass is 35.5. The van der Waals surface area contributed by atoms with E-state index in [-0.39, 0.29) is 5.25 Å². The van der Waals surface area contributed by atoms with Crippen molar-refractivity contribution >= 4 is 22.4 Å². The number of rotatable bonds is 4. The summed E-state index contributed by atoms with van der Waals surface area (Å²) in [5, 5.41) is 4.35. The molecular weight excluding hydrogens is 278 g/mol. The van der Waals surface area contributed by atoms with E-state index in [1.807, 2.05) is 24.3 Å². The molecule has 1 fully saturated rings. The predicted molar refractivity (Wildman–Crippen MR) is 82.1 cm³/mol. The van der Waals surface area contributed by atoms with Crippen LogP contribution >= 0.6 is 11.6 Å². The Labute approximate surface area is 123 Å². The minimum atomic E-state index is -0.979. The monoisotopic (exact) mass is 299 g/mol. The van der Waals surface area contributed by atoms with Crippen LogP contribution in [0.3, 0.4) is 0 Å². The molecule has 1 aliphatic carbocycles. The second kappa shape index (κ2) is 6.87. The Kier molecular flexibility index (Phi) is 5.43. The van der Waals surface area contributed by atoms with Crippen LogP contribution in [0, 0.1) is 5.92 Å². The molecule has 1 aromatic carbocycles. The van der Waals surface area contributed by atoms with Gasteiger partial charge in [-0.3, -0.25) is 4.21 Å². The van der Waals surface area contributed by atoms with Gasteiger partial charge in [0.2, 0.25) is 0 Å². The normalized spacial score (nSPS) is 29.1. The van der Waals surface area contributed by atoms with Gasteiger partial charge in [0, 0.05) is 16.0 Å². The maximum atomic E-state index is 12.8. The van der Waals surface area contributed by atoms with E-state index in [4.69, 9.17) is 11.6 Å². The van der Waals surface area contributed by atoms with Crippen molar-refractivity contribution in [3.63, 3.8) is 0 Å². The third-order valence-electron chi connectivity index (χ3n) is 3.82. The van der Waals surface area contributed by atoms with Crippen molar-refractivity contribution in [2.24, 2.45) is 5.92 Å². The molecule has 4 atom stereocenters. The van der Waals surface area contributed by atoms with Crippen LogP contribution in [0.5, 0.6) is 0 Å². The van der Waals surface area contributed by atoms with Gasteiger partial charge in [0.05, 0.1) is 16.0 Å². The lowest BCUT2D eigenvalue weighted by atomic mass is 9.87. The van der Waals surface area contributed by atoms with Gasteiger partial charge in [-0.05, 0) is 49.9 Å². The second-order valence-electron chi connectivity index (χ2n) is 5.38. The largest absolute Gasteiger partial charge is 0.313 e. The van der Waals surface area contributed by atoms with Crippen molar-refractivity contribution in [2.75, 3.05) is 6.54 Å². The van der Waals surface area contributed by atoms with Crippen molar-refractivity contribution in [3.8, 4) is 0 Å². The maximum absolute atomic E-state index is 12.8. The minimum absolute atomic E-state index is 0.196. The van der Waals surface area contributed by atoms with E-state index >= 15 is 0 Å². The van der Waals surface area contributed by atoms with Crippen LogP contribution in [0.1, 0.15) is 33.1 Å². The van der Waals surface area contributed by atoms with Crippen LogP contribution < -0.4 is 5.32 Å².